The zero-order valence-corrected chi connectivity index (χ0v) is 11.8. The smallest absolute Gasteiger partial charge is 0.275 e. The lowest BCUT2D eigenvalue weighted by atomic mass is 10.3. The summed E-state index contributed by atoms with van der Waals surface area (Å²) in [5.74, 6) is 4.77. The molecule has 0 bridgehead atoms. The quantitative estimate of drug-likeness (QED) is 0.431. The minimum absolute atomic E-state index is 0.174. The van der Waals surface area contributed by atoms with Crippen LogP contribution in [-0.2, 0) is 6.54 Å². The molecule has 0 aliphatic rings. The van der Waals surface area contributed by atoms with Gasteiger partial charge in [-0.2, -0.15) is 0 Å². The zero-order chi connectivity index (χ0) is 14.8. The number of fused-ring (bicyclic) bond motifs is 1. The Hall–Kier alpha value is -2.51. The Balaban J connectivity index is 2.02. The SMILES string of the molecule is NNC(=O)c1ccc(Cn2c(=O)cnc3ccccc32)s1. The van der Waals surface area contributed by atoms with Crippen molar-refractivity contribution >= 4 is 28.3 Å². The van der Waals surface area contributed by atoms with Crippen LogP contribution in [0.1, 0.15) is 14.5 Å². The van der Waals surface area contributed by atoms with E-state index in [1.807, 2.05) is 30.3 Å². The fourth-order valence-electron chi connectivity index (χ4n) is 2.09. The van der Waals surface area contributed by atoms with Gasteiger partial charge >= 0.3 is 0 Å². The van der Waals surface area contributed by atoms with E-state index in [-0.39, 0.29) is 11.5 Å². The Morgan fingerprint density at radius 1 is 1.29 bits per heavy atom. The van der Waals surface area contributed by atoms with Crippen molar-refractivity contribution in [2.45, 2.75) is 6.54 Å². The monoisotopic (exact) mass is 300 g/mol. The van der Waals surface area contributed by atoms with Crippen LogP contribution >= 0.6 is 11.3 Å². The first-order chi connectivity index (χ1) is 10.2. The Morgan fingerprint density at radius 3 is 2.90 bits per heavy atom. The minimum Gasteiger partial charge on any atom is -0.300 e. The molecule has 0 unspecified atom stereocenters. The average molecular weight is 300 g/mol. The van der Waals surface area contributed by atoms with E-state index in [0.29, 0.717) is 11.4 Å². The third-order valence-corrected chi connectivity index (χ3v) is 4.15. The van der Waals surface area contributed by atoms with Crippen molar-refractivity contribution < 1.29 is 4.79 Å². The number of aromatic nitrogens is 2. The first kappa shape index (κ1) is 13.5. The number of hydrazine groups is 1. The third-order valence-electron chi connectivity index (χ3n) is 3.08. The summed E-state index contributed by atoms with van der Waals surface area (Å²) in [5, 5.41) is 0. The first-order valence-electron chi connectivity index (χ1n) is 6.23. The number of para-hydroxylation sites is 2. The number of nitrogens with one attached hydrogen (secondary N) is 1. The van der Waals surface area contributed by atoms with Crippen LogP contribution < -0.4 is 16.8 Å². The Labute approximate surface area is 123 Å². The van der Waals surface area contributed by atoms with Crippen LogP contribution in [0.5, 0.6) is 0 Å². The summed E-state index contributed by atoms with van der Waals surface area (Å²) in [7, 11) is 0. The molecule has 2 aromatic heterocycles. The summed E-state index contributed by atoms with van der Waals surface area (Å²) in [6.07, 6.45) is 1.31. The molecule has 0 saturated carbocycles. The molecule has 3 N–H and O–H groups in total. The number of nitrogens with zero attached hydrogens (tertiary/aromatic N) is 2. The molecule has 0 radical (unpaired) electrons. The Morgan fingerprint density at radius 2 is 2.10 bits per heavy atom. The van der Waals surface area contributed by atoms with Gasteiger partial charge in [0, 0.05) is 4.88 Å². The number of nitrogen functional groups attached to an aromatic ring is 1. The largest absolute Gasteiger partial charge is 0.300 e. The molecule has 3 rings (SSSR count). The highest BCUT2D eigenvalue weighted by Gasteiger charge is 2.10. The minimum atomic E-state index is -0.335. The summed E-state index contributed by atoms with van der Waals surface area (Å²) in [4.78, 5) is 29.0. The number of carbonyl (C=O) groups is 1. The van der Waals surface area contributed by atoms with E-state index in [0.717, 1.165) is 15.9 Å². The molecule has 3 aromatic rings. The predicted molar refractivity (Wildman–Crippen MR) is 81.1 cm³/mol. The number of hydrogen-bond donors (Lipinski definition) is 2. The van der Waals surface area contributed by atoms with Crippen molar-refractivity contribution in [3.63, 3.8) is 0 Å². The zero-order valence-electron chi connectivity index (χ0n) is 10.9. The van der Waals surface area contributed by atoms with Gasteiger partial charge in [-0.1, -0.05) is 12.1 Å². The van der Waals surface area contributed by atoms with E-state index in [1.54, 1.807) is 10.6 Å². The molecule has 21 heavy (non-hydrogen) atoms. The third kappa shape index (κ3) is 2.56. The highest BCUT2D eigenvalue weighted by atomic mass is 32.1. The summed E-state index contributed by atoms with van der Waals surface area (Å²) in [5.41, 5.74) is 3.44. The molecule has 1 amide bonds. The lowest BCUT2D eigenvalue weighted by Crippen LogP contribution is -2.29. The second kappa shape index (κ2) is 5.47. The number of carbonyl (C=O) groups excluding carboxylic acids is 1. The number of rotatable bonds is 3. The molecule has 0 aliphatic carbocycles. The van der Waals surface area contributed by atoms with Crippen molar-refractivity contribution in [1.82, 2.24) is 15.0 Å². The first-order valence-corrected chi connectivity index (χ1v) is 7.05. The summed E-state index contributed by atoms with van der Waals surface area (Å²) < 4.78 is 1.64. The molecule has 0 fully saturated rings. The number of nitrogens with two attached hydrogens (primary N) is 1. The maximum Gasteiger partial charge on any atom is 0.275 e. The molecular formula is C14H12N4O2S. The van der Waals surface area contributed by atoms with Gasteiger partial charge in [0.15, 0.2) is 0 Å². The van der Waals surface area contributed by atoms with E-state index in [9.17, 15) is 9.59 Å². The van der Waals surface area contributed by atoms with E-state index in [1.165, 1.54) is 17.5 Å². The van der Waals surface area contributed by atoms with Gasteiger partial charge in [0.25, 0.3) is 11.5 Å². The number of thiophene rings is 1. The second-order valence-corrected chi connectivity index (χ2v) is 5.58. The molecular weight excluding hydrogens is 288 g/mol. The molecule has 0 atom stereocenters. The maximum atomic E-state index is 12.0. The van der Waals surface area contributed by atoms with Gasteiger partial charge in [0.05, 0.1) is 28.7 Å². The van der Waals surface area contributed by atoms with Crippen molar-refractivity contribution in [2.75, 3.05) is 0 Å². The molecule has 1 aromatic carbocycles. The molecule has 2 heterocycles. The molecule has 106 valence electrons. The van der Waals surface area contributed by atoms with Gasteiger partial charge < -0.3 is 4.57 Å². The fourth-order valence-corrected chi connectivity index (χ4v) is 2.99. The lowest BCUT2D eigenvalue weighted by Gasteiger charge is -2.07. The summed E-state index contributed by atoms with van der Waals surface area (Å²) >= 11 is 1.31. The summed E-state index contributed by atoms with van der Waals surface area (Å²) in [6, 6.07) is 11.0. The average Bonchev–Trinajstić information content (AvgIpc) is 2.98. The maximum absolute atomic E-state index is 12.0. The van der Waals surface area contributed by atoms with Gasteiger partial charge in [-0.25, -0.2) is 10.8 Å². The molecule has 6 nitrogen and oxygen atoms in total. The van der Waals surface area contributed by atoms with Gasteiger partial charge in [-0.05, 0) is 24.3 Å². The van der Waals surface area contributed by atoms with Gasteiger partial charge in [-0.3, -0.25) is 15.0 Å². The van der Waals surface area contributed by atoms with Crippen molar-refractivity contribution in [3.05, 3.63) is 62.7 Å². The standard InChI is InChI=1S/C14H12N4O2S/c15-17-14(20)12-6-5-9(21-12)8-18-11-4-2-1-3-10(11)16-7-13(18)19/h1-7H,8,15H2,(H,17,20). The highest BCUT2D eigenvalue weighted by molar-refractivity contribution is 7.14. The van der Waals surface area contributed by atoms with Crippen LogP contribution in [0.2, 0.25) is 0 Å². The van der Waals surface area contributed by atoms with Gasteiger partial charge in [0.1, 0.15) is 0 Å². The molecule has 0 aliphatic heterocycles. The van der Waals surface area contributed by atoms with Crippen LogP contribution in [0.25, 0.3) is 11.0 Å². The molecule has 7 heteroatoms. The number of benzene rings is 1. The van der Waals surface area contributed by atoms with Crippen LogP contribution in [-0.4, -0.2) is 15.5 Å². The van der Waals surface area contributed by atoms with Crippen LogP contribution in [0, 0.1) is 0 Å². The second-order valence-electron chi connectivity index (χ2n) is 4.41. The summed E-state index contributed by atoms with van der Waals surface area (Å²) in [6.45, 7) is 0.393. The van der Waals surface area contributed by atoms with Crippen molar-refractivity contribution in [3.8, 4) is 0 Å². The van der Waals surface area contributed by atoms with Crippen molar-refractivity contribution in [2.24, 2.45) is 5.84 Å². The van der Waals surface area contributed by atoms with E-state index in [4.69, 9.17) is 5.84 Å². The number of hydrogen-bond acceptors (Lipinski definition) is 5. The Kier molecular flexibility index (Phi) is 3.51. The highest BCUT2D eigenvalue weighted by Crippen LogP contribution is 2.18. The van der Waals surface area contributed by atoms with E-state index in [2.05, 4.69) is 10.4 Å². The molecule has 0 saturated heterocycles. The van der Waals surface area contributed by atoms with Gasteiger partial charge in [0.2, 0.25) is 0 Å². The molecule has 0 spiro atoms. The van der Waals surface area contributed by atoms with Crippen LogP contribution in [0.4, 0.5) is 0 Å². The Bertz CT molecular complexity index is 869. The van der Waals surface area contributed by atoms with Crippen molar-refractivity contribution in [1.29, 1.82) is 0 Å². The van der Waals surface area contributed by atoms with E-state index < -0.39 is 0 Å². The normalized spacial score (nSPS) is 10.7. The van der Waals surface area contributed by atoms with Crippen LogP contribution in [0.15, 0.2) is 47.4 Å². The lowest BCUT2D eigenvalue weighted by molar-refractivity contribution is 0.0957. The van der Waals surface area contributed by atoms with Gasteiger partial charge in [-0.15, -0.1) is 11.3 Å². The predicted octanol–water partition coefficient (Wildman–Crippen LogP) is 1.11. The topological polar surface area (TPSA) is 90.0 Å². The van der Waals surface area contributed by atoms with E-state index >= 15 is 0 Å². The number of amides is 1. The van der Waals surface area contributed by atoms with Crippen LogP contribution in [0.3, 0.4) is 0 Å². The fraction of sp³-hybridized carbons (Fsp3) is 0.0714.